The van der Waals surface area contributed by atoms with Crippen LogP contribution in [-0.2, 0) is 0 Å². The average Bonchev–Trinajstić information content (AvgIpc) is 3.21. The third-order valence-corrected chi connectivity index (χ3v) is 6.89. The highest BCUT2D eigenvalue weighted by Crippen LogP contribution is 2.33. The maximum Gasteiger partial charge on any atom is 0.253 e. The molecule has 0 atom stereocenters. The van der Waals surface area contributed by atoms with Crippen LogP contribution in [0.5, 0.6) is 0 Å². The van der Waals surface area contributed by atoms with Gasteiger partial charge in [-0.25, -0.2) is 4.98 Å². The van der Waals surface area contributed by atoms with E-state index in [4.69, 9.17) is 0 Å². The van der Waals surface area contributed by atoms with Crippen LogP contribution in [0.2, 0.25) is 0 Å². The lowest BCUT2D eigenvalue weighted by Gasteiger charge is -2.24. The molecular formula is C29H30N6O. The number of amides is 1. The molecule has 0 radical (unpaired) electrons. The maximum atomic E-state index is 12.2. The van der Waals surface area contributed by atoms with E-state index in [1.165, 1.54) is 0 Å². The number of carbonyl (C=O) groups is 1. The van der Waals surface area contributed by atoms with Crippen LogP contribution in [0.25, 0.3) is 33.3 Å². The number of carbonyl (C=O) groups excluding carboxylic acids is 1. The summed E-state index contributed by atoms with van der Waals surface area (Å²) in [5.41, 5.74) is 7.10. The van der Waals surface area contributed by atoms with Gasteiger partial charge in [-0.05, 0) is 61.5 Å². The summed E-state index contributed by atoms with van der Waals surface area (Å²) < 4.78 is 0. The third-order valence-electron chi connectivity index (χ3n) is 6.89. The molecule has 0 bridgehead atoms. The standard InChI is InChI=1S/C29H30N6O/c1-33(2)29(36)21-7-5-20(6-8-21)26-19-32-28-25(26)16-24(18-31-28)22-9-10-27(23(15-22)17-30)35-12-4-11-34(3)13-14-35/h5-10,15-16,18-19H,4,11-14H2,1-3H3,(H,31,32). The number of nitriles is 1. The Labute approximate surface area is 211 Å². The van der Waals surface area contributed by atoms with Crippen LogP contribution in [0, 0.1) is 11.3 Å². The minimum Gasteiger partial charge on any atom is -0.369 e. The molecule has 1 N–H and O–H groups in total. The van der Waals surface area contributed by atoms with E-state index in [1.807, 2.05) is 42.7 Å². The number of aromatic amines is 1. The maximum absolute atomic E-state index is 12.2. The number of H-pyrrole nitrogens is 1. The van der Waals surface area contributed by atoms with Crippen molar-refractivity contribution in [2.24, 2.45) is 0 Å². The van der Waals surface area contributed by atoms with Crippen molar-refractivity contribution < 1.29 is 4.79 Å². The molecule has 4 aromatic rings. The van der Waals surface area contributed by atoms with Gasteiger partial charge >= 0.3 is 0 Å². The molecule has 2 aromatic carbocycles. The first-order valence-corrected chi connectivity index (χ1v) is 12.2. The van der Waals surface area contributed by atoms with Crippen LogP contribution in [-0.4, -0.2) is 73.0 Å². The fraction of sp³-hybridized carbons (Fsp3) is 0.276. The SMILES string of the molecule is CN1CCCN(c2ccc(-c3cnc4[nH]cc(-c5ccc(C(=O)N(C)C)cc5)c4c3)cc2C#N)CC1. The lowest BCUT2D eigenvalue weighted by atomic mass is 9.99. The Bertz CT molecular complexity index is 1450. The summed E-state index contributed by atoms with van der Waals surface area (Å²) in [6.07, 6.45) is 4.88. The molecule has 36 heavy (non-hydrogen) atoms. The van der Waals surface area contributed by atoms with Gasteiger partial charge in [-0.1, -0.05) is 18.2 Å². The molecule has 3 heterocycles. The molecule has 1 fully saturated rings. The molecule has 0 saturated carbocycles. The second-order valence-electron chi connectivity index (χ2n) is 9.59. The van der Waals surface area contributed by atoms with Crippen molar-refractivity contribution in [2.45, 2.75) is 6.42 Å². The van der Waals surface area contributed by atoms with E-state index in [1.54, 1.807) is 19.0 Å². The van der Waals surface area contributed by atoms with Crippen molar-refractivity contribution >= 4 is 22.6 Å². The van der Waals surface area contributed by atoms with Crippen molar-refractivity contribution in [1.29, 1.82) is 5.26 Å². The van der Waals surface area contributed by atoms with Crippen LogP contribution < -0.4 is 4.90 Å². The normalized spacial score (nSPS) is 14.4. The van der Waals surface area contributed by atoms with Gasteiger partial charge in [-0.3, -0.25) is 4.79 Å². The Kier molecular flexibility index (Phi) is 6.45. The number of nitrogens with zero attached hydrogens (tertiary/aromatic N) is 5. The zero-order valence-electron chi connectivity index (χ0n) is 21.0. The predicted octanol–water partition coefficient (Wildman–Crippen LogP) is 4.61. The molecule has 0 aliphatic carbocycles. The number of anilines is 1. The van der Waals surface area contributed by atoms with Gasteiger partial charge in [0.1, 0.15) is 11.7 Å². The van der Waals surface area contributed by atoms with Gasteiger partial charge in [-0.15, -0.1) is 0 Å². The molecule has 1 aliphatic heterocycles. The van der Waals surface area contributed by atoms with E-state index >= 15 is 0 Å². The summed E-state index contributed by atoms with van der Waals surface area (Å²) >= 11 is 0. The van der Waals surface area contributed by atoms with Crippen LogP contribution >= 0.6 is 0 Å². The smallest absolute Gasteiger partial charge is 0.253 e. The van der Waals surface area contributed by atoms with Gasteiger partial charge in [0.15, 0.2) is 0 Å². The van der Waals surface area contributed by atoms with E-state index in [-0.39, 0.29) is 5.91 Å². The second kappa shape index (κ2) is 9.84. The second-order valence-corrected chi connectivity index (χ2v) is 9.59. The largest absolute Gasteiger partial charge is 0.369 e. The van der Waals surface area contributed by atoms with Crippen molar-refractivity contribution in [2.75, 3.05) is 52.2 Å². The number of likely N-dealkylation sites (N-methyl/N-ethyl adjacent to an activating group) is 1. The molecule has 1 amide bonds. The molecular weight excluding hydrogens is 448 g/mol. The summed E-state index contributed by atoms with van der Waals surface area (Å²) in [4.78, 5) is 26.4. The van der Waals surface area contributed by atoms with E-state index in [0.29, 0.717) is 11.1 Å². The number of rotatable bonds is 4. The summed E-state index contributed by atoms with van der Waals surface area (Å²) in [7, 11) is 5.65. The fourth-order valence-corrected chi connectivity index (χ4v) is 4.82. The Morgan fingerprint density at radius 3 is 2.53 bits per heavy atom. The van der Waals surface area contributed by atoms with Gasteiger partial charge in [0.25, 0.3) is 5.91 Å². The lowest BCUT2D eigenvalue weighted by molar-refractivity contribution is 0.0827. The summed E-state index contributed by atoms with van der Waals surface area (Å²) in [5, 5.41) is 10.9. The fourth-order valence-electron chi connectivity index (χ4n) is 4.82. The number of aromatic nitrogens is 2. The van der Waals surface area contributed by atoms with Crippen molar-refractivity contribution in [3.05, 3.63) is 72.1 Å². The minimum atomic E-state index is -0.0200. The number of fused-ring (bicyclic) bond motifs is 1. The van der Waals surface area contributed by atoms with Crippen LogP contribution in [0.4, 0.5) is 5.69 Å². The third kappa shape index (κ3) is 4.56. The first-order valence-electron chi connectivity index (χ1n) is 12.2. The molecule has 5 rings (SSSR count). The zero-order chi connectivity index (χ0) is 25.2. The van der Waals surface area contributed by atoms with Crippen LogP contribution in [0.3, 0.4) is 0 Å². The number of hydrogen-bond donors (Lipinski definition) is 1. The molecule has 1 aliphatic rings. The molecule has 182 valence electrons. The summed E-state index contributed by atoms with van der Waals surface area (Å²) in [6.45, 7) is 3.95. The highest BCUT2D eigenvalue weighted by molar-refractivity contribution is 5.98. The quantitative estimate of drug-likeness (QED) is 0.463. The topological polar surface area (TPSA) is 79.3 Å². The monoisotopic (exact) mass is 478 g/mol. The van der Waals surface area contributed by atoms with E-state index in [0.717, 1.165) is 71.6 Å². The van der Waals surface area contributed by atoms with Crippen LogP contribution in [0.15, 0.2) is 60.9 Å². The Morgan fingerprint density at radius 2 is 1.78 bits per heavy atom. The first-order chi connectivity index (χ1) is 17.4. The summed E-state index contributed by atoms with van der Waals surface area (Å²) in [6, 6.07) is 18.3. The zero-order valence-corrected chi connectivity index (χ0v) is 21.0. The Morgan fingerprint density at radius 1 is 1.00 bits per heavy atom. The molecule has 2 aromatic heterocycles. The van der Waals surface area contributed by atoms with Crippen molar-refractivity contribution in [3.8, 4) is 28.3 Å². The molecule has 1 saturated heterocycles. The summed E-state index contributed by atoms with van der Waals surface area (Å²) in [5.74, 6) is -0.0200. The first kappa shape index (κ1) is 23.6. The molecule has 0 unspecified atom stereocenters. The number of pyridine rings is 1. The Balaban J connectivity index is 1.47. The number of nitrogens with one attached hydrogen (secondary N) is 1. The highest BCUT2D eigenvalue weighted by Gasteiger charge is 2.17. The van der Waals surface area contributed by atoms with Gasteiger partial charge < -0.3 is 19.7 Å². The number of benzene rings is 2. The Hall–Kier alpha value is -4.15. The predicted molar refractivity (Wildman–Crippen MR) is 144 cm³/mol. The number of hydrogen-bond acceptors (Lipinski definition) is 5. The molecule has 7 heteroatoms. The van der Waals surface area contributed by atoms with Gasteiger partial charge in [0.2, 0.25) is 0 Å². The van der Waals surface area contributed by atoms with Gasteiger partial charge in [0, 0.05) is 68.2 Å². The highest BCUT2D eigenvalue weighted by atomic mass is 16.2. The molecule has 7 nitrogen and oxygen atoms in total. The minimum absolute atomic E-state index is 0.0200. The van der Waals surface area contributed by atoms with E-state index in [2.05, 4.69) is 51.1 Å². The van der Waals surface area contributed by atoms with Crippen molar-refractivity contribution in [1.82, 2.24) is 19.8 Å². The van der Waals surface area contributed by atoms with E-state index < -0.39 is 0 Å². The lowest BCUT2D eigenvalue weighted by Crippen LogP contribution is -2.29. The molecule has 0 spiro atoms. The van der Waals surface area contributed by atoms with E-state index in [9.17, 15) is 10.1 Å². The van der Waals surface area contributed by atoms with Gasteiger partial charge in [-0.2, -0.15) is 5.26 Å². The average molecular weight is 479 g/mol. The van der Waals surface area contributed by atoms with Crippen molar-refractivity contribution in [3.63, 3.8) is 0 Å². The van der Waals surface area contributed by atoms with Gasteiger partial charge in [0.05, 0.1) is 11.3 Å². The van der Waals surface area contributed by atoms with Crippen LogP contribution in [0.1, 0.15) is 22.3 Å².